The zero-order chi connectivity index (χ0) is 22.5. The largest absolute Gasteiger partial charge is 0.497 e. The highest BCUT2D eigenvalue weighted by Gasteiger charge is 2.31. The number of nitrogens with one attached hydrogen (secondary N) is 2. The number of methoxy groups -OCH3 is 2. The van der Waals surface area contributed by atoms with Crippen molar-refractivity contribution in [2.24, 2.45) is 5.92 Å². The van der Waals surface area contributed by atoms with E-state index < -0.39 is 5.97 Å². The fourth-order valence-electron chi connectivity index (χ4n) is 3.98. The lowest BCUT2D eigenvalue weighted by Gasteiger charge is -2.32. The summed E-state index contributed by atoms with van der Waals surface area (Å²) in [7, 11) is 2.93. The Kier molecular flexibility index (Phi) is 6.99. The van der Waals surface area contributed by atoms with Crippen LogP contribution in [-0.4, -0.2) is 55.0 Å². The van der Waals surface area contributed by atoms with Crippen LogP contribution >= 0.6 is 0 Å². The van der Waals surface area contributed by atoms with Gasteiger partial charge in [0.2, 0.25) is 5.91 Å². The van der Waals surface area contributed by atoms with Gasteiger partial charge >= 0.3 is 5.97 Å². The first kappa shape index (κ1) is 22.4. The maximum absolute atomic E-state index is 13.1. The molecule has 2 amide bonds. The third-order valence-electron chi connectivity index (χ3n) is 5.75. The first-order valence-electron chi connectivity index (χ1n) is 10.3. The Morgan fingerprint density at radius 2 is 1.87 bits per heavy atom. The number of aromatic amines is 1. The molecule has 1 aliphatic rings. The number of piperidine rings is 1. The van der Waals surface area contributed by atoms with Gasteiger partial charge in [0.1, 0.15) is 11.4 Å². The number of hydrogen-bond acceptors (Lipinski definition) is 5. The molecule has 2 aromatic rings. The molecule has 0 radical (unpaired) electrons. The van der Waals surface area contributed by atoms with Crippen LogP contribution in [0.2, 0.25) is 0 Å². The highest BCUT2D eigenvalue weighted by atomic mass is 16.5. The van der Waals surface area contributed by atoms with Crippen LogP contribution in [0.4, 0.5) is 0 Å². The molecule has 1 aromatic carbocycles. The number of hydrogen-bond donors (Lipinski definition) is 2. The third kappa shape index (κ3) is 4.90. The molecule has 1 atom stereocenters. The second kappa shape index (κ2) is 9.68. The molecule has 1 fully saturated rings. The Morgan fingerprint density at radius 1 is 1.16 bits per heavy atom. The molecule has 0 saturated carbocycles. The van der Waals surface area contributed by atoms with Gasteiger partial charge in [-0.15, -0.1) is 0 Å². The summed E-state index contributed by atoms with van der Waals surface area (Å²) in [5, 5.41) is 2.97. The number of benzene rings is 1. The number of ether oxygens (including phenoxy) is 2. The number of rotatable bonds is 6. The zero-order valence-corrected chi connectivity index (χ0v) is 18.4. The van der Waals surface area contributed by atoms with E-state index in [4.69, 9.17) is 9.47 Å². The van der Waals surface area contributed by atoms with Gasteiger partial charge in [-0.1, -0.05) is 12.1 Å². The molecule has 8 nitrogen and oxygen atoms in total. The fourth-order valence-corrected chi connectivity index (χ4v) is 3.98. The van der Waals surface area contributed by atoms with Crippen molar-refractivity contribution in [3.8, 4) is 5.75 Å². The van der Waals surface area contributed by atoms with E-state index in [0.29, 0.717) is 42.1 Å². The fraction of sp³-hybridized carbons (Fsp3) is 0.435. The summed E-state index contributed by atoms with van der Waals surface area (Å²) in [6.07, 6.45) is 1.48. The summed E-state index contributed by atoms with van der Waals surface area (Å²) in [4.78, 5) is 42.5. The topological polar surface area (TPSA) is 101 Å². The molecule has 31 heavy (non-hydrogen) atoms. The van der Waals surface area contributed by atoms with E-state index in [-0.39, 0.29) is 17.7 Å². The van der Waals surface area contributed by atoms with Crippen LogP contribution in [0, 0.1) is 19.8 Å². The van der Waals surface area contributed by atoms with E-state index in [1.54, 1.807) is 25.9 Å². The minimum absolute atomic E-state index is 0.0667. The van der Waals surface area contributed by atoms with Gasteiger partial charge in [0.05, 0.1) is 25.7 Å². The minimum atomic E-state index is -0.472. The number of likely N-dealkylation sites (tertiary alicyclic amines) is 1. The second-order valence-corrected chi connectivity index (χ2v) is 7.77. The van der Waals surface area contributed by atoms with Gasteiger partial charge in [0.15, 0.2) is 0 Å². The quantitative estimate of drug-likeness (QED) is 0.690. The van der Waals surface area contributed by atoms with E-state index >= 15 is 0 Å². The van der Waals surface area contributed by atoms with E-state index in [1.165, 1.54) is 7.11 Å². The number of esters is 1. The zero-order valence-electron chi connectivity index (χ0n) is 18.4. The van der Waals surface area contributed by atoms with Gasteiger partial charge in [0.25, 0.3) is 5.91 Å². The Morgan fingerprint density at radius 3 is 2.52 bits per heavy atom. The lowest BCUT2D eigenvalue weighted by Crippen LogP contribution is -2.45. The lowest BCUT2D eigenvalue weighted by molar-refractivity contribution is -0.126. The maximum atomic E-state index is 13.1. The Balaban J connectivity index is 1.63. The summed E-state index contributed by atoms with van der Waals surface area (Å²) in [6, 6.07) is 7.52. The highest BCUT2D eigenvalue weighted by molar-refractivity contribution is 6.00. The van der Waals surface area contributed by atoms with Gasteiger partial charge in [-0.2, -0.15) is 0 Å². The summed E-state index contributed by atoms with van der Waals surface area (Å²) in [5.74, 6) is -0.250. The number of nitrogens with zero attached hydrogens (tertiary/aromatic N) is 1. The molecule has 1 aliphatic heterocycles. The second-order valence-electron chi connectivity index (χ2n) is 7.77. The molecule has 0 spiro atoms. The van der Waals surface area contributed by atoms with Crippen LogP contribution in [0.3, 0.4) is 0 Å². The van der Waals surface area contributed by atoms with Crippen LogP contribution < -0.4 is 10.1 Å². The van der Waals surface area contributed by atoms with Crippen molar-refractivity contribution in [3.05, 3.63) is 52.3 Å². The molecule has 2 N–H and O–H groups in total. The summed E-state index contributed by atoms with van der Waals surface area (Å²) < 4.78 is 9.96. The van der Waals surface area contributed by atoms with Crippen molar-refractivity contribution in [2.75, 3.05) is 27.3 Å². The van der Waals surface area contributed by atoms with Gasteiger partial charge in [-0.25, -0.2) is 4.79 Å². The standard InChI is InChI=1S/C23H29N3O5/c1-14-19(23(29)31-4)15(2)25-20(14)22(28)26-11-5-6-17(13-26)21(27)24-12-16-7-9-18(30-3)10-8-16/h7-10,17,25H,5-6,11-13H2,1-4H3,(H,24,27)/t17-/m1/s1. The Bertz CT molecular complexity index is 964. The van der Waals surface area contributed by atoms with Crippen LogP contribution in [0.5, 0.6) is 5.75 Å². The van der Waals surface area contributed by atoms with Crippen molar-refractivity contribution in [3.63, 3.8) is 0 Å². The molecule has 3 rings (SSSR count). The van der Waals surface area contributed by atoms with Crippen molar-refractivity contribution in [1.29, 1.82) is 0 Å². The van der Waals surface area contributed by atoms with E-state index in [0.717, 1.165) is 24.2 Å². The van der Waals surface area contributed by atoms with Gasteiger partial charge in [-0.05, 0) is 49.9 Å². The predicted molar refractivity (Wildman–Crippen MR) is 115 cm³/mol. The average molecular weight is 428 g/mol. The van der Waals surface area contributed by atoms with Crippen molar-refractivity contribution in [2.45, 2.75) is 33.2 Å². The molecule has 1 saturated heterocycles. The predicted octanol–water partition coefficient (Wildman–Crippen LogP) is 2.60. The van der Waals surface area contributed by atoms with Crippen LogP contribution in [0.25, 0.3) is 0 Å². The van der Waals surface area contributed by atoms with E-state index in [9.17, 15) is 14.4 Å². The van der Waals surface area contributed by atoms with Gasteiger partial charge in [-0.3, -0.25) is 9.59 Å². The number of carbonyl (C=O) groups is 3. The highest BCUT2D eigenvalue weighted by Crippen LogP contribution is 2.24. The number of aryl methyl sites for hydroxylation is 1. The van der Waals surface area contributed by atoms with Crippen LogP contribution in [-0.2, 0) is 16.1 Å². The minimum Gasteiger partial charge on any atom is -0.497 e. The van der Waals surface area contributed by atoms with Crippen LogP contribution in [0.15, 0.2) is 24.3 Å². The van der Waals surface area contributed by atoms with E-state index in [2.05, 4.69) is 10.3 Å². The molecule has 1 aromatic heterocycles. The summed E-state index contributed by atoms with van der Waals surface area (Å²) in [6.45, 7) is 4.81. The van der Waals surface area contributed by atoms with Crippen molar-refractivity contribution in [1.82, 2.24) is 15.2 Å². The lowest BCUT2D eigenvalue weighted by atomic mass is 9.96. The maximum Gasteiger partial charge on any atom is 0.339 e. The first-order chi connectivity index (χ1) is 14.8. The smallest absolute Gasteiger partial charge is 0.339 e. The molecular weight excluding hydrogens is 398 g/mol. The molecule has 0 aliphatic carbocycles. The van der Waals surface area contributed by atoms with Crippen molar-refractivity contribution >= 4 is 17.8 Å². The number of H-pyrrole nitrogens is 1. The molecule has 0 bridgehead atoms. The van der Waals surface area contributed by atoms with Gasteiger partial charge < -0.3 is 24.7 Å². The normalized spacial score (nSPS) is 16.0. The SMILES string of the molecule is COC(=O)c1c(C)[nH]c(C(=O)N2CCC[C@@H](C(=O)NCc3ccc(OC)cc3)C2)c1C. The molecule has 0 unspecified atom stereocenters. The first-order valence-corrected chi connectivity index (χ1v) is 10.3. The summed E-state index contributed by atoms with van der Waals surface area (Å²) >= 11 is 0. The molecular formula is C23H29N3O5. The van der Waals surface area contributed by atoms with Crippen LogP contribution in [0.1, 0.15) is 50.5 Å². The Hall–Kier alpha value is -3.29. The van der Waals surface area contributed by atoms with Gasteiger partial charge in [0, 0.05) is 25.3 Å². The average Bonchev–Trinajstić information content (AvgIpc) is 3.10. The number of amides is 2. The van der Waals surface area contributed by atoms with Crippen molar-refractivity contribution < 1.29 is 23.9 Å². The number of carbonyl (C=O) groups excluding carboxylic acids is 3. The molecule has 2 heterocycles. The third-order valence-corrected chi connectivity index (χ3v) is 5.75. The molecule has 8 heteroatoms. The Labute approximate surface area is 181 Å². The monoisotopic (exact) mass is 427 g/mol. The van der Waals surface area contributed by atoms with E-state index in [1.807, 2.05) is 24.3 Å². The molecule has 166 valence electrons. The number of aromatic nitrogens is 1. The summed E-state index contributed by atoms with van der Waals surface area (Å²) in [5.41, 5.74) is 2.90.